The van der Waals surface area contributed by atoms with Crippen molar-refractivity contribution in [2.75, 3.05) is 40.9 Å². The fourth-order valence-electron chi connectivity index (χ4n) is 3.43. The second-order valence-electron chi connectivity index (χ2n) is 6.72. The van der Waals surface area contributed by atoms with E-state index in [-0.39, 0.29) is 5.91 Å². The van der Waals surface area contributed by atoms with Gasteiger partial charge in [-0.2, -0.15) is 5.10 Å². The van der Waals surface area contributed by atoms with Gasteiger partial charge in [0.15, 0.2) is 5.69 Å². The molecule has 1 aromatic heterocycles. The van der Waals surface area contributed by atoms with E-state index in [0.29, 0.717) is 17.7 Å². The molecule has 1 saturated heterocycles. The van der Waals surface area contributed by atoms with E-state index < -0.39 is 0 Å². The van der Waals surface area contributed by atoms with E-state index >= 15 is 0 Å². The monoisotopic (exact) mass is 306 g/mol. The number of carbonyl (C=O) groups is 1. The number of fused-ring (bicyclic) bond motifs is 1. The summed E-state index contributed by atoms with van der Waals surface area (Å²) in [5.41, 5.74) is 1.79. The first-order chi connectivity index (χ1) is 10.6. The highest BCUT2D eigenvalue weighted by atomic mass is 16.5. The minimum absolute atomic E-state index is 0.0826. The van der Waals surface area contributed by atoms with Crippen LogP contribution in [0.25, 0.3) is 0 Å². The molecule has 2 aliphatic rings. The van der Waals surface area contributed by atoms with Gasteiger partial charge in [0.05, 0.1) is 6.54 Å². The van der Waals surface area contributed by atoms with Gasteiger partial charge in [-0.3, -0.25) is 9.48 Å². The number of piperidine rings is 1. The number of aromatic nitrogens is 2. The Balaban J connectivity index is 1.60. The van der Waals surface area contributed by atoms with E-state index in [4.69, 9.17) is 4.74 Å². The van der Waals surface area contributed by atoms with E-state index in [0.717, 1.165) is 45.5 Å². The maximum atomic E-state index is 12.6. The summed E-state index contributed by atoms with van der Waals surface area (Å²) in [5.74, 6) is 0.668. The lowest BCUT2D eigenvalue weighted by atomic mass is 9.97. The van der Waals surface area contributed by atoms with Gasteiger partial charge in [-0.05, 0) is 38.9 Å². The highest BCUT2D eigenvalue weighted by molar-refractivity contribution is 5.92. The van der Waals surface area contributed by atoms with E-state index in [9.17, 15) is 4.79 Å². The Hall–Kier alpha value is -1.40. The first-order valence-electron chi connectivity index (χ1n) is 8.10. The molecule has 0 saturated carbocycles. The number of likely N-dealkylation sites (N-methyl/N-ethyl adjacent to an activating group) is 1. The van der Waals surface area contributed by atoms with Gasteiger partial charge < -0.3 is 14.5 Å². The molecule has 1 amide bonds. The molecular formula is C16H26N4O2. The summed E-state index contributed by atoms with van der Waals surface area (Å²) < 4.78 is 7.20. The summed E-state index contributed by atoms with van der Waals surface area (Å²) >= 11 is 0. The van der Waals surface area contributed by atoms with Gasteiger partial charge >= 0.3 is 0 Å². The molecule has 6 nitrogen and oxygen atoms in total. The molecule has 22 heavy (non-hydrogen) atoms. The maximum absolute atomic E-state index is 12.6. The van der Waals surface area contributed by atoms with Crippen LogP contribution in [0, 0.1) is 5.92 Å². The summed E-state index contributed by atoms with van der Waals surface area (Å²) in [6, 6.07) is 2.48. The Morgan fingerprint density at radius 1 is 1.41 bits per heavy atom. The molecule has 122 valence electrons. The van der Waals surface area contributed by atoms with E-state index in [1.54, 1.807) is 7.11 Å². The molecule has 0 aliphatic carbocycles. The smallest absolute Gasteiger partial charge is 0.274 e. The zero-order valence-electron chi connectivity index (χ0n) is 13.8. The second-order valence-corrected chi connectivity index (χ2v) is 6.72. The number of hydrogen-bond acceptors (Lipinski definition) is 4. The van der Waals surface area contributed by atoms with Crippen molar-refractivity contribution < 1.29 is 9.53 Å². The van der Waals surface area contributed by atoms with Crippen molar-refractivity contribution in [2.45, 2.75) is 31.8 Å². The average Bonchev–Trinajstić information content (AvgIpc) is 3.06. The molecular weight excluding hydrogens is 280 g/mol. The number of amides is 1. The van der Waals surface area contributed by atoms with Crippen LogP contribution < -0.4 is 0 Å². The molecule has 0 spiro atoms. The normalized spacial score (nSPS) is 22.4. The summed E-state index contributed by atoms with van der Waals surface area (Å²) in [5, 5.41) is 4.53. The van der Waals surface area contributed by atoms with Crippen molar-refractivity contribution in [3.05, 3.63) is 17.5 Å². The van der Waals surface area contributed by atoms with E-state index in [2.05, 4.69) is 24.1 Å². The van der Waals surface area contributed by atoms with Crippen molar-refractivity contribution in [3.8, 4) is 0 Å². The number of hydrogen-bond donors (Lipinski definition) is 0. The third-order valence-electron chi connectivity index (χ3n) is 4.95. The third-order valence-corrected chi connectivity index (χ3v) is 4.95. The van der Waals surface area contributed by atoms with Gasteiger partial charge in [0.25, 0.3) is 5.91 Å². The Morgan fingerprint density at radius 2 is 2.14 bits per heavy atom. The molecule has 3 rings (SSSR count). The Labute approximate surface area is 132 Å². The molecule has 0 aromatic carbocycles. The van der Waals surface area contributed by atoms with Crippen LogP contribution in [0.5, 0.6) is 0 Å². The molecule has 0 unspecified atom stereocenters. The number of ether oxygens (including phenoxy) is 1. The minimum atomic E-state index is 0.0826. The van der Waals surface area contributed by atoms with Crippen molar-refractivity contribution >= 4 is 5.91 Å². The standard InChI is InChI=1S/C16H26N4O2/c1-18(2)14-8-13-9-15(17-20(13)10-14)16(21)19-6-4-12(5-7-19)11-22-3/h9,12,14H,4-8,10-11H2,1-3H3/t14-/m0/s1. The second kappa shape index (κ2) is 6.38. The van der Waals surface area contributed by atoms with Crippen LogP contribution in [-0.4, -0.2) is 72.4 Å². The minimum Gasteiger partial charge on any atom is -0.384 e. The number of methoxy groups -OCH3 is 1. The Morgan fingerprint density at radius 3 is 2.73 bits per heavy atom. The van der Waals surface area contributed by atoms with Crippen molar-refractivity contribution in [2.24, 2.45) is 5.92 Å². The quantitative estimate of drug-likeness (QED) is 0.828. The van der Waals surface area contributed by atoms with Crippen LogP contribution >= 0.6 is 0 Å². The molecule has 1 atom stereocenters. The number of likely N-dealkylation sites (tertiary alicyclic amines) is 1. The highest BCUT2D eigenvalue weighted by Crippen LogP contribution is 2.22. The molecule has 0 bridgehead atoms. The van der Waals surface area contributed by atoms with Gasteiger partial charge in [-0.15, -0.1) is 0 Å². The average molecular weight is 306 g/mol. The van der Waals surface area contributed by atoms with Crippen molar-refractivity contribution in [3.63, 3.8) is 0 Å². The molecule has 3 heterocycles. The topological polar surface area (TPSA) is 50.6 Å². The highest BCUT2D eigenvalue weighted by Gasteiger charge is 2.29. The van der Waals surface area contributed by atoms with Crippen LogP contribution in [0.1, 0.15) is 29.0 Å². The predicted octanol–water partition coefficient (Wildman–Crippen LogP) is 0.868. The van der Waals surface area contributed by atoms with Gasteiger partial charge in [0.2, 0.25) is 0 Å². The lowest BCUT2D eigenvalue weighted by Gasteiger charge is -2.31. The molecule has 0 N–H and O–H groups in total. The van der Waals surface area contributed by atoms with Gasteiger partial charge in [-0.1, -0.05) is 0 Å². The first kappa shape index (κ1) is 15.5. The van der Waals surface area contributed by atoms with Gasteiger partial charge in [0, 0.05) is 45.0 Å². The number of carbonyl (C=O) groups excluding carboxylic acids is 1. The fourth-order valence-corrected chi connectivity index (χ4v) is 3.43. The van der Waals surface area contributed by atoms with Crippen LogP contribution in [-0.2, 0) is 17.7 Å². The molecule has 1 aromatic rings. The van der Waals surface area contributed by atoms with Crippen LogP contribution in [0.3, 0.4) is 0 Å². The molecule has 1 fully saturated rings. The first-order valence-corrected chi connectivity index (χ1v) is 8.10. The predicted molar refractivity (Wildman–Crippen MR) is 83.9 cm³/mol. The zero-order valence-corrected chi connectivity index (χ0v) is 13.8. The van der Waals surface area contributed by atoms with Crippen LogP contribution in [0.2, 0.25) is 0 Å². The summed E-state index contributed by atoms with van der Waals surface area (Å²) in [7, 11) is 5.92. The summed E-state index contributed by atoms with van der Waals surface area (Å²) in [6.07, 6.45) is 3.02. The number of nitrogens with zero attached hydrogens (tertiary/aromatic N) is 4. The third kappa shape index (κ3) is 3.03. The maximum Gasteiger partial charge on any atom is 0.274 e. The zero-order chi connectivity index (χ0) is 15.7. The van der Waals surface area contributed by atoms with Crippen LogP contribution in [0.4, 0.5) is 0 Å². The van der Waals surface area contributed by atoms with Gasteiger partial charge in [0.1, 0.15) is 0 Å². The molecule has 6 heteroatoms. The fraction of sp³-hybridized carbons (Fsp3) is 0.750. The van der Waals surface area contributed by atoms with E-state index in [1.807, 2.05) is 15.6 Å². The Bertz CT molecular complexity index is 509. The van der Waals surface area contributed by atoms with Crippen molar-refractivity contribution in [1.29, 1.82) is 0 Å². The van der Waals surface area contributed by atoms with Crippen molar-refractivity contribution in [1.82, 2.24) is 19.6 Å². The van der Waals surface area contributed by atoms with Crippen LogP contribution in [0.15, 0.2) is 6.07 Å². The summed E-state index contributed by atoms with van der Waals surface area (Å²) in [4.78, 5) is 16.8. The largest absolute Gasteiger partial charge is 0.384 e. The Kier molecular flexibility index (Phi) is 4.49. The van der Waals surface area contributed by atoms with Gasteiger partial charge in [-0.25, -0.2) is 0 Å². The lowest BCUT2D eigenvalue weighted by Crippen LogP contribution is -2.39. The molecule has 0 radical (unpaired) electrons. The SMILES string of the molecule is COCC1CCN(C(=O)c2cc3n(n2)C[C@@H](N(C)C)C3)CC1. The molecule has 2 aliphatic heterocycles. The van der Waals surface area contributed by atoms with E-state index in [1.165, 1.54) is 5.69 Å². The summed E-state index contributed by atoms with van der Waals surface area (Å²) in [6.45, 7) is 3.31. The number of rotatable bonds is 4. The lowest BCUT2D eigenvalue weighted by molar-refractivity contribution is 0.0607.